The topological polar surface area (TPSA) is 3.24 Å². The van der Waals surface area contributed by atoms with Crippen LogP contribution in [-0.4, -0.2) is 34.6 Å². The van der Waals surface area contributed by atoms with E-state index < -0.39 is 0 Å². The van der Waals surface area contributed by atoms with Crippen molar-refractivity contribution < 1.29 is 0 Å². The highest BCUT2D eigenvalue weighted by Crippen LogP contribution is 2.04. The van der Waals surface area contributed by atoms with Crippen LogP contribution in [0.2, 0.25) is 6.04 Å². The van der Waals surface area contributed by atoms with Crippen LogP contribution in [0, 0.1) is 0 Å². The van der Waals surface area contributed by atoms with Gasteiger partial charge in [0.15, 0.2) is 0 Å². The van der Waals surface area contributed by atoms with Gasteiger partial charge in [0, 0.05) is 9.52 Å². The molecule has 0 saturated carbocycles. The second kappa shape index (κ2) is 8.24. The molecule has 0 rings (SSSR count). The summed E-state index contributed by atoms with van der Waals surface area (Å²) in [6.45, 7) is 11.6. The summed E-state index contributed by atoms with van der Waals surface area (Å²) in [7, 11) is 2.32. The fraction of sp³-hybridized carbons (Fsp3) is 0.833. The van der Waals surface area contributed by atoms with E-state index in [1.54, 1.807) is 10.8 Å². The molecule has 0 aromatic rings. The quantitative estimate of drug-likeness (QED) is 0.464. The van der Waals surface area contributed by atoms with Gasteiger partial charge < -0.3 is 4.90 Å². The predicted molar refractivity (Wildman–Crippen MR) is 69.8 cm³/mol. The number of allylic oxidation sites excluding steroid dienone is 2. The Balaban J connectivity index is 3.42. The molecule has 2 heteroatoms. The van der Waals surface area contributed by atoms with Crippen LogP contribution < -0.4 is 0 Å². The maximum absolute atomic E-state index is 2.45. The van der Waals surface area contributed by atoms with Gasteiger partial charge in [-0.2, -0.15) is 0 Å². The highest BCUT2D eigenvalue weighted by molar-refractivity contribution is 6.45. The zero-order valence-electron chi connectivity index (χ0n) is 10.7. The largest absolute Gasteiger partial charge is 0.306 e. The smallest absolute Gasteiger partial charge is 0.0491 e. The molecule has 14 heavy (non-hydrogen) atoms. The van der Waals surface area contributed by atoms with Crippen LogP contribution in [0.5, 0.6) is 0 Å². The molecular formula is C12H27NSi. The van der Waals surface area contributed by atoms with E-state index in [0.717, 1.165) is 0 Å². The molecule has 0 aliphatic carbocycles. The molecule has 0 atom stereocenters. The molecule has 0 aromatic carbocycles. The van der Waals surface area contributed by atoms with Crippen molar-refractivity contribution in [2.75, 3.05) is 20.1 Å². The lowest BCUT2D eigenvalue weighted by Crippen LogP contribution is -2.20. The maximum atomic E-state index is 2.45. The Labute approximate surface area is 92.4 Å². The summed E-state index contributed by atoms with van der Waals surface area (Å²) in [4.78, 5) is 2.45. The van der Waals surface area contributed by atoms with Crippen LogP contribution in [0.3, 0.4) is 0 Å². The molecule has 0 amide bonds. The molecular weight excluding hydrogens is 186 g/mol. The number of nitrogens with zero attached hydrogens (tertiary/aromatic N) is 1. The van der Waals surface area contributed by atoms with Crippen molar-refractivity contribution in [1.29, 1.82) is 0 Å². The van der Waals surface area contributed by atoms with Crippen LogP contribution in [0.25, 0.3) is 0 Å². The fourth-order valence-corrected chi connectivity index (χ4v) is 3.02. The monoisotopic (exact) mass is 213 g/mol. The average molecular weight is 213 g/mol. The second-order valence-corrected chi connectivity index (χ2v) is 6.81. The van der Waals surface area contributed by atoms with Gasteiger partial charge in [0.05, 0.1) is 0 Å². The first-order valence-corrected chi connectivity index (χ1v) is 7.60. The second-order valence-electron chi connectivity index (χ2n) is 4.54. The first kappa shape index (κ1) is 13.9. The number of rotatable bonds is 7. The standard InChI is InChI=1S/C12H27NSi/c1-6-8-13(5)9-7-10-14-12(4)11(2)3/h6-10,14H2,1-5H3. The maximum Gasteiger partial charge on any atom is 0.0491 e. The minimum absolute atomic E-state index is 0.0843. The Bertz CT molecular complexity index is 171. The van der Waals surface area contributed by atoms with E-state index in [9.17, 15) is 0 Å². The van der Waals surface area contributed by atoms with E-state index in [-0.39, 0.29) is 9.52 Å². The fourth-order valence-electron chi connectivity index (χ4n) is 1.52. The van der Waals surface area contributed by atoms with Crippen molar-refractivity contribution in [2.24, 2.45) is 0 Å². The van der Waals surface area contributed by atoms with Gasteiger partial charge in [-0.15, -0.1) is 0 Å². The van der Waals surface area contributed by atoms with E-state index in [2.05, 4.69) is 39.6 Å². The van der Waals surface area contributed by atoms with Crippen LogP contribution in [0.15, 0.2) is 10.8 Å². The summed E-state index contributed by atoms with van der Waals surface area (Å²) in [6, 6.07) is 1.48. The minimum atomic E-state index is 0.0843. The molecule has 0 fully saturated rings. The number of hydrogen-bond acceptors (Lipinski definition) is 1. The summed E-state index contributed by atoms with van der Waals surface area (Å²) < 4.78 is 0. The molecule has 84 valence electrons. The summed E-state index contributed by atoms with van der Waals surface area (Å²) in [5.41, 5.74) is 1.55. The number of hydrogen-bond donors (Lipinski definition) is 0. The molecule has 0 bridgehead atoms. The molecule has 0 N–H and O–H groups in total. The lowest BCUT2D eigenvalue weighted by Gasteiger charge is -2.14. The van der Waals surface area contributed by atoms with Crippen molar-refractivity contribution in [2.45, 2.75) is 46.6 Å². The van der Waals surface area contributed by atoms with Gasteiger partial charge in [0.1, 0.15) is 0 Å². The average Bonchev–Trinajstić information content (AvgIpc) is 2.12. The van der Waals surface area contributed by atoms with Crippen LogP contribution in [0.4, 0.5) is 0 Å². The highest BCUT2D eigenvalue weighted by Gasteiger charge is 1.97. The van der Waals surface area contributed by atoms with Gasteiger partial charge in [-0.05, 0) is 53.8 Å². The lowest BCUT2D eigenvalue weighted by atomic mass is 10.3. The zero-order chi connectivity index (χ0) is 11.0. The third kappa shape index (κ3) is 7.33. The van der Waals surface area contributed by atoms with Crippen LogP contribution in [-0.2, 0) is 0 Å². The van der Waals surface area contributed by atoms with Gasteiger partial charge in [-0.1, -0.05) is 23.7 Å². The van der Waals surface area contributed by atoms with E-state index in [4.69, 9.17) is 0 Å². The molecule has 0 unspecified atom stereocenters. The Kier molecular flexibility index (Phi) is 8.19. The van der Waals surface area contributed by atoms with Gasteiger partial charge in [-0.3, -0.25) is 0 Å². The van der Waals surface area contributed by atoms with Gasteiger partial charge in [0.2, 0.25) is 0 Å². The van der Waals surface area contributed by atoms with E-state index >= 15 is 0 Å². The predicted octanol–water partition coefficient (Wildman–Crippen LogP) is 2.62. The lowest BCUT2D eigenvalue weighted by molar-refractivity contribution is 0.335. The first-order chi connectivity index (χ1) is 6.57. The van der Waals surface area contributed by atoms with Crippen molar-refractivity contribution >= 4 is 9.52 Å². The van der Waals surface area contributed by atoms with Crippen LogP contribution in [0.1, 0.15) is 40.5 Å². The van der Waals surface area contributed by atoms with Crippen molar-refractivity contribution in [3.8, 4) is 0 Å². The highest BCUT2D eigenvalue weighted by atomic mass is 28.2. The van der Waals surface area contributed by atoms with Gasteiger partial charge >= 0.3 is 0 Å². The summed E-state index contributed by atoms with van der Waals surface area (Å²) in [6.07, 6.45) is 2.67. The summed E-state index contributed by atoms with van der Waals surface area (Å²) in [5.74, 6) is 0. The third-order valence-corrected chi connectivity index (χ3v) is 5.11. The molecule has 0 heterocycles. The Morgan fingerprint density at radius 3 is 2.29 bits per heavy atom. The summed E-state index contributed by atoms with van der Waals surface area (Å²) in [5, 5.41) is 1.71. The molecule has 0 aliphatic heterocycles. The van der Waals surface area contributed by atoms with E-state index in [0.29, 0.717) is 0 Å². The normalized spacial score (nSPS) is 11.6. The Morgan fingerprint density at radius 1 is 1.14 bits per heavy atom. The Morgan fingerprint density at radius 2 is 1.79 bits per heavy atom. The molecule has 0 aromatic heterocycles. The van der Waals surface area contributed by atoms with Gasteiger partial charge in [-0.25, -0.2) is 0 Å². The van der Waals surface area contributed by atoms with Gasteiger partial charge in [0.25, 0.3) is 0 Å². The molecule has 0 radical (unpaired) electrons. The molecule has 0 spiro atoms. The van der Waals surface area contributed by atoms with Crippen LogP contribution >= 0.6 is 0 Å². The molecule has 0 aliphatic rings. The minimum Gasteiger partial charge on any atom is -0.306 e. The summed E-state index contributed by atoms with van der Waals surface area (Å²) >= 11 is 0. The van der Waals surface area contributed by atoms with Crippen molar-refractivity contribution in [1.82, 2.24) is 4.90 Å². The van der Waals surface area contributed by atoms with E-state index in [1.165, 1.54) is 32.0 Å². The molecule has 0 saturated heterocycles. The third-order valence-electron chi connectivity index (χ3n) is 2.80. The SMILES string of the molecule is CCCN(C)CCC[SiH2]C(C)=C(C)C. The Hall–Kier alpha value is -0.0831. The molecule has 1 nitrogen and oxygen atoms in total. The zero-order valence-corrected chi connectivity index (χ0v) is 12.1. The van der Waals surface area contributed by atoms with Crippen molar-refractivity contribution in [3.05, 3.63) is 10.8 Å². The first-order valence-electron chi connectivity index (χ1n) is 5.89. The van der Waals surface area contributed by atoms with Crippen molar-refractivity contribution in [3.63, 3.8) is 0 Å². The van der Waals surface area contributed by atoms with E-state index in [1.807, 2.05) is 0 Å².